The molecule has 0 radical (unpaired) electrons. The van der Waals surface area contributed by atoms with Crippen molar-refractivity contribution < 1.29 is 27.4 Å². The maximum atomic E-state index is 13.5. The van der Waals surface area contributed by atoms with Crippen molar-refractivity contribution in [1.82, 2.24) is 14.0 Å². The number of amides is 1. The highest BCUT2D eigenvalue weighted by atomic mass is 19.3. The fourth-order valence-corrected chi connectivity index (χ4v) is 5.44. The first-order valence-corrected chi connectivity index (χ1v) is 11.9. The average Bonchev–Trinajstić information content (AvgIpc) is 3.12. The first-order chi connectivity index (χ1) is 17.1. The van der Waals surface area contributed by atoms with Crippen molar-refractivity contribution in [2.24, 2.45) is 0 Å². The summed E-state index contributed by atoms with van der Waals surface area (Å²) in [6, 6.07) is 3.85. The number of pyridine rings is 2. The second-order valence-corrected chi connectivity index (χ2v) is 10.4. The van der Waals surface area contributed by atoms with Crippen LogP contribution in [0.4, 0.5) is 18.9 Å². The number of anilines is 1. The third kappa shape index (κ3) is 3.68. The number of rotatable bonds is 7. The summed E-state index contributed by atoms with van der Waals surface area (Å²) in [5.74, 6) is -0.796. The molecule has 3 aromatic heterocycles. The summed E-state index contributed by atoms with van der Waals surface area (Å²) in [7, 11) is 0. The first-order valence-electron chi connectivity index (χ1n) is 11.9. The topological polar surface area (TPSA) is 86.9 Å². The lowest BCUT2D eigenvalue weighted by atomic mass is 9.62. The minimum absolute atomic E-state index is 0.0397. The highest BCUT2D eigenvalue weighted by Gasteiger charge is 2.61. The van der Waals surface area contributed by atoms with E-state index in [1.807, 2.05) is 6.20 Å². The van der Waals surface area contributed by atoms with Crippen LogP contribution in [-0.2, 0) is 10.2 Å². The number of hydrogen-bond donors (Lipinski definition) is 1. The SMILES string of the molecule is C[C@@H](Oc1cc2nc(C34COC(C)(C3)C4)cn2cc1C(=O)Nc1cccn(C2C[C@H]2F)c1=O)C(F)F. The number of alkyl halides is 3. The summed E-state index contributed by atoms with van der Waals surface area (Å²) < 4.78 is 54.3. The van der Waals surface area contributed by atoms with Crippen LogP contribution < -0.4 is 15.6 Å². The van der Waals surface area contributed by atoms with Crippen LogP contribution in [0.1, 0.15) is 55.2 Å². The van der Waals surface area contributed by atoms with Crippen LogP contribution in [0.3, 0.4) is 0 Å². The van der Waals surface area contributed by atoms with E-state index in [-0.39, 0.29) is 34.4 Å². The molecule has 2 bridgehead atoms. The van der Waals surface area contributed by atoms with Crippen molar-refractivity contribution in [2.75, 3.05) is 11.9 Å². The Morgan fingerprint density at radius 3 is 2.72 bits per heavy atom. The van der Waals surface area contributed by atoms with Crippen LogP contribution in [0.2, 0.25) is 0 Å². The Morgan fingerprint density at radius 1 is 1.33 bits per heavy atom. The molecule has 7 rings (SSSR count). The van der Waals surface area contributed by atoms with Crippen molar-refractivity contribution >= 4 is 17.2 Å². The third-order valence-electron chi connectivity index (χ3n) is 7.39. The van der Waals surface area contributed by atoms with Crippen molar-refractivity contribution in [2.45, 2.75) is 68.9 Å². The summed E-state index contributed by atoms with van der Waals surface area (Å²) in [4.78, 5) is 30.7. The predicted octanol–water partition coefficient (Wildman–Crippen LogP) is 3.88. The van der Waals surface area contributed by atoms with E-state index in [4.69, 9.17) is 9.47 Å². The Kier molecular flexibility index (Phi) is 5.02. The number of fused-ring (bicyclic) bond motifs is 2. The monoisotopic (exact) mass is 502 g/mol. The Labute approximate surface area is 204 Å². The molecule has 1 amide bonds. The van der Waals surface area contributed by atoms with Crippen LogP contribution in [0.5, 0.6) is 5.75 Å². The number of aromatic nitrogens is 3. The molecule has 0 spiro atoms. The summed E-state index contributed by atoms with van der Waals surface area (Å²) >= 11 is 0. The lowest BCUT2D eigenvalue weighted by Gasteiger charge is -2.41. The zero-order valence-electron chi connectivity index (χ0n) is 19.7. The second kappa shape index (κ2) is 7.83. The van der Waals surface area contributed by atoms with Crippen LogP contribution >= 0.6 is 0 Å². The third-order valence-corrected chi connectivity index (χ3v) is 7.39. The molecule has 11 heteroatoms. The average molecular weight is 502 g/mol. The number of imidazole rings is 1. The van der Waals surface area contributed by atoms with Crippen molar-refractivity contribution in [3.63, 3.8) is 0 Å². The zero-order chi connectivity index (χ0) is 25.4. The van der Waals surface area contributed by atoms with E-state index in [1.54, 1.807) is 10.5 Å². The number of halogens is 3. The molecule has 0 aromatic carbocycles. The van der Waals surface area contributed by atoms with Gasteiger partial charge in [-0.15, -0.1) is 0 Å². The van der Waals surface area contributed by atoms with E-state index in [1.165, 1.54) is 36.0 Å². The van der Waals surface area contributed by atoms with Gasteiger partial charge in [0.05, 0.1) is 29.5 Å². The van der Waals surface area contributed by atoms with Gasteiger partial charge in [-0.1, -0.05) is 0 Å². The van der Waals surface area contributed by atoms with E-state index in [0.29, 0.717) is 12.3 Å². The molecule has 3 atom stereocenters. The molecule has 2 saturated heterocycles. The quantitative estimate of drug-likeness (QED) is 0.530. The zero-order valence-corrected chi connectivity index (χ0v) is 19.7. The highest BCUT2D eigenvalue weighted by molar-refractivity contribution is 6.06. The number of carbonyl (C=O) groups is 1. The van der Waals surface area contributed by atoms with Gasteiger partial charge in [-0.25, -0.2) is 18.2 Å². The van der Waals surface area contributed by atoms with Gasteiger partial charge in [-0.05, 0) is 38.8 Å². The first kappa shape index (κ1) is 23.1. The molecular weight excluding hydrogens is 477 g/mol. The van der Waals surface area contributed by atoms with Crippen LogP contribution in [0, 0.1) is 0 Å². The minimum atomic E-state index is -2.77. The van der Waals surface area contributed by atoms with Gasteiger partial charge in [0, 0.05) is 36.5 Å². The van der Waals surface area contributed by atoms with Gasteiger partial charge in [0.15, 0.2) is 6.10 Å². The van der Waals surface area contributed by atoms with E-state index >= 15 is 0 Å². The molecule has 4 fully saturated rings. The molecule has 8 nitrogen and oxygen atoms in total. The van der Waals surface area contributed by atoms with Crippen LogP contribution in [-0.4, -0.2) is 50.8 Å². The smallest absolute Gasteiger partial charge is 0.274 e. The Morgan fingerprint density at radius 2 is 2.08 bits per heavy atom. The predicted molar refractivity (Wildman–Crippen MR) is 124 cm³/mol. The van der Waals surface area contributed by atoms with Crippen LogP contribution in [0.15, 0.2) is 41.6 Å². The number of nitrogens with one attached hydrogen (secondary N) is 1. The van der Waals surface area contributed by atoms with Crippen molar-refractivity contribution in [3.8, 4) is 5.75 Å². The second-order valence-electron chi connectivity index (χ2n) is 10.4. The molecule has 5 heterocycles. The Bertz CT molecular complexity index is 1430. The molecule has 2 aliphatic heterocycles. The molecule has 3 aromatic rings. The highest BCUT2D eigenvalue weighted by Crippen LogP contribution is 2.58. The maximum absolute atomic E-state index is 13.5. The van der Waals surface area contributed by atoms with Gasteiger partial charge >= 0.3 is 0 Å². The van der Waals surface area contributed by atoms with Gasteiger partial charge in [0.2, 0.25) is 0 Å². The van der Waals surface area contributed by atoms with E-state index in [9.17, 15) is 22.8 Å². The number of nitrogens with zero attached hydrogens (tertiary/aromatic N) is 3. The normalized spacial score (nSPS) is 29.3. The minimum Gasteiger partial charge on any atom is -0.484 e. The van der Waals surface area contributed by atoms with Crippen LogP contribution in [0.25, 0.3) is 5.65 Å². The standard InChI is InChI=1S/C25H25F3N4O4/c1-13(21(27)28)36-18-7-20-30-19(25-10-24(2,11-25)35-12-25)9-31(20)8-14(18)22(33)29-16-4-3-5-32(23(16)34)17-6-15(17)26/h3-5,7-9,13,15,17,21H,6,10-12H2,1-2H3,(H,29,33)/t13-,15-,17?,24?,25?/m1/s1. The Balaban J connectivity index is 1.36. The molecular formula is C25H25F3N4O4. The van der Waals surface area contributed by atoms with E-state index < -0.39 is 36.2 Å². The van der Waals surface area contributed by atoms with Gasteiger partial charge in [0.25, 0.3) is 17.9 Å². The van der Waals surface area contributed by atoms with Crippen molar-refractivity contribution in [3.05, 3.63) is 58.4 Å². The number of hydrogen-bond acceptors (Lipinski definition) is 5. The fraction of sp³-hybridized carbons (Fsp3) is 0.480. The molecule has 1 unspecified atom stereocenters. The largest absolute Gasteiger partial charge is 0.484 e. The Hall–Kier alpha value is -3.34. The van der Waals surface area contributed by atoms with Gasteiger partial charge in [-0.2, -0.15) is 0 Å². The number of carbonyl (C=O) groups excluding carboxylic acids is 1. The maximum Gasteiger partial charge on any atom is 0.274 e. The van der Waals surface area contributed by atoms with Gasteiger partial charge in [-0.3, -0.25) is 9.59 Å². The molecule has 4 aliphatic rings. The van der Waals surface area contributed by atoms with Gasteiger partial charge < -0.3 is 23.8 Å². The summed E-state index contributed by atoms with van der Waals surface area (Å²) in [6.07, 6.45) is 1.30. The lowest BCUT2D eigenvalue weighted by Crippen LogP contribution is -2.45. The van der Waals surface area contributed by atoms with Gasteiger partial charge in [0.1, 0.15) is 23.3 Å². The summed E-state index contributed by atoms with van der Waals surface area (Å²) in [6.45, 7) is 3.81. The van der Waals surface area contributed by atoms with E-state index in [0.717, 1.165) is 18.5 Å². The molecule has 2 aliphatic carbocycles. The summed E-state index contributed by atoms with van der Waals surface area (Å²) in [5.41, 5.74) is 0.272. The molecule has 190 valence electrons. The fourth-order valence-electron chi connectivity index (χ4n) is 5.44. The van der Waals surface area contributed by atoms with E-state index in [2.05, 4.69) is 17.2 Å². The lowest BCUT2D eigenvalue weighted by molar-refractivity contribution is 0.0154. The molecule has 36 heavy (non-hydrogen) atoms. The molecule has 2 saturated carbocycles. The van der Waals surface area contributed by atoms with Crippen molar-refractivity contribution in [1.29, 1.82) is 0 Å². The summed E-state index contributed by atoms with van der Waals surface area (Å²) in [5, 5.41) is 2.54. The molecule has 1 N–H and O–H groups in total. The number of ether oxygens (including phenoxy) is 2.